The molecule has 0 fully saturated rings. The van der Waals surface area contributed by atoms with Gasteiger partial charge in [-0.05, 0) is 25.0 Å². The number of nitrogens with zero attached hydrogens (tertiary/aromatic N) is 1. The second kappa shape index (κ2) is 7.59. The molecule has 0 saturated carbocycles. The molecule has 0 aromatic heterocycles. The van der Waals surface area contributed by atoms with E-state index in [0.717, 1.165) is 12.8 Å². The summed E-state index contributed by atoms with van der Waals surface area (Å²) >= 11 is 0. The average Bonchev–Trinajstić information content (AvgIpc) is 2.75. The lowest BCUT2D eigenvalue weighted by atomic mass is 10.1. The molecular formula is C16H19NO4. The maximum absolute atomic E-state index is 12.1. The SMILES string of the molecule is C=COCCCCOCCN1C(=O)c2ccccc2C1=O. The van der Waals surface area contributed by atoms with Gasteiger partial charge in [0.1, 0.15) is 0 Å². The Hall–Kier alpha value is -2.14. The molecule has 5 heteroatoms. The van der Waals surface area contributed by atoms with Gasteiger partial charge in [0.05, 0.1) is 37.1 Å². The average molecular weight is 289 g/mol. The Kier molecular flexibility index (Phi) is 5.51. The number of hydrogen-bond donors (Lipinski definition) is 0. The Balaban J connectivity index is 1.70. The van der Waals surface area contributed by atoms with Crippen LogP contribution in [-0.4, -0.2) is 43.1 Å². The number of rotatable bonds is 9. The van der Waals surface area contributed by atoms with Crippen molar-refractivity contribution in [3.8, 4) is 0 Å². The number of carbonyl (C=O) groups excluding carboxylic acids is 2. The number of hydrogen-bond acceptors (Lipinski definition) is 4. The lowest BCUT2D eigenvalue weighted by Gasteiger charge is -2.13. The highest BCUT2D eigenvalue weighted by atomic mass is 16.5. The van der Waals surface area contributed by atoms with Crippen molar-refractivity contribution < 1.29 is 19.1 Å². The fraction of sp³-hybridized carbons (Fsp3) is 0.375. The van der Waals surface area contributed by atoms with Crippen LogP contribution >= 0.6 is 0 Å². The fourth-order valence-corrected chi connectivity index (χ4v) is 2.17. The molecule has 0 aliphatic carbocycles. The largest absolute Gasteiger partial charge is 0.502 e. The van der Waals surface area contributed by atoms with Crippen molar-refractivity contribution >= 4 is 11.8 Å². The van der Waals surface area contributed by atoms with Crippen molar-refractivity contribution in [3.05, 3.63) is 48.2 Å². The summed E-state index contributed by atoms with van der Waals surface area (Å²) in [5, 5.41) is 0. The molecule has 21 heavy (non-hydrogen) atoms. The van der Waals surface area contributed by atoms with E-state index >= 15 is 0 Å². The van der Waals surface area contributed by atoms with Crippen molar-refractivity contribution in [2.24, 2.45) is 0 Å². The Morgan fingerprint density at radius 3 is 2.24 bits per heavy atom. The summed E-state index contributed by atoms with van der Waals surface area (Å²) in [7, 11) is 0. The van der Waals surface area contributed by atoms with Crippen LogP contribution in [0.15, 0.2) is 37.1 Å². The number of ether oxygens (including phenoxy) is 2. The topological polar surface area (TPSA) is 55.8 Å². The van der Waals surface area contributed by atoms with E-state index in [4.69, 9.17) is 9.47 Å². The van der Waals surface area contributed by atoms with E-state index in [0.29, 0.717) is 30.9 Å². The highest BCUT2D eigenvalue weighted by molar-refractivity contribution is 6.21. The molecule has 1 aliphatic heterocycles. The first-order valence-corrected chi connectivity index (χ1v) is 7.01. The van der Waals surface area contributed by atoms with Crippen LogP contribution in [0.3, 0.4) is 0 Å². The molecule has 112 valence electrons. The molecule has 5 nitrogen and oxygen atoms in total. The monoisotopic (exact) mass is 289 g/mol. The van der Waals surface area contributed by atoms with Crippen LogP contribution in [0.5, 0.6) is 0 Å². The maximum atomic E-state index is 12.1. The van der Waals surface area contributed by atoms with Gasteiger partial charge in [-0.25, -0.2) is 0 Å². The second-order valence-corrected chi connectivity index (χ2v) is 4.66. The molecule has 1 aromatic rings. The van der Waals surface area contributed by atoms with Gasteiger partial charge in [0, 0.05) is 6.61 Å². The normalized spacial score (nSPS) is 13.4. The molecule has 2 amide bonds. The summed E-state index contributed by atoms with van der Waals surface area (Å²) in [5.74, 6) is -0.475. The Bertz CT molecular complexity index is 492. The van der Waals surface area contributed by atoms with E-state index in [2.05, 4.69) is 6.58 Å². The van der Waals surface area contributed by atoms with E-state index in [-0.39, 0.29) is 18.4 Å². The van der Waals surface area contributed by atoms with Crippen LogP contribution in [0.4, 0.5) is 0 Å². The Morgan fingerprint density at radius 1 is 1.00 bits per heavy atom. The zero-order valence-electron chi connectivity index (χ0n) is 11.9. The third kappa shape index (κ3) is 3.70. The number of fused-ring (bicyclic) bond motifs is 1. The van der Waals surface area contributed by atoms with Gasteiger partial charge in [0.25, 0.3) is 11.8 Å². The molecule has 0 spiro atoms. The smallest absolute Gasteiger partial charge is 0.261 e. The van der Waals surface area contributed by atoms with Gasteiger partial charge in [0.2, 0.25) is 0 Å². The van der Waals surface area contributed by atoms with Crippen molar-refractivity contribution in [1.29, 1.82) is 0 Å². The van der Waals surface area contributed by atoms with Gasteiger partial charge in [-0.3, -0.25) is 14.5 Å². The molecule has 0 N–H and O–H groups in total. The first kappa shape index (κ1) is 15.3. The van der Waals surface area contributed by atoms with Gasteiger partial charge >= 0.3 is 0 Å². The maximum Gasteiger partial charge on any atom is 0.261 e. The van der Waals surface area contributed by atoms with Crippen molar-refractivity contribution in [2.75, 3.05) is 26.4 Å². The van der Waals surface area contributed by atoms with E-state index in [1.54, 1.807) is 24.3 Å². The molecule has 0 radical (unpaired) electrons. The van der Waals surface area contributed by atoms with Crippen LogP contribution in [0.25, 0.3) is 0 Å². The number of amides is 2. The number of carbonyl (C=O) groups is 2. The van der Waals surface area contributed by atoms with Gasteiger partial charge in [0.15, 0.2) is 0 Å². The van der Waals surface area contributed by atoms with Crippen LogP contribution in [0.1, 0.15) is 33.6 Å². The summed E-state index contributed by atoms with van der Waals surface area (Å²) in [4.78, 5) is 25.4. The molecule has 1 aliphatic rings. The van der Waals surface area contributed by atoms with Crippen LogP contribution in [0.2, 0.25) is 0 Å². The first-order valence-electron chi connectivity index (χ1n) is 7.01. The van der Waals surface area contributed by atoms with E-state index in [1.807, 2.05) is 0 Å². The quantitative estimate of drug-likeness (QED) is 0.397. The molecular weight excluding hydrogens is 270 g/mol. The predicted octanol–water partition coefficient (Wildman–Crippen LogP) is 2.24. The molecule has 0 atom stereocenters. The van der Waals surface area contributed by atoms with E-state index < -0.39 is 0 Å². The third-order valence-corrected chi connectivity index (χ3v) is 3.26. The fourth-order valence-electron chi connectivity index (χ4n) is 2.17. The number of benzene rings is 1. The van der Waals surface area contributed by atoms with Crippen LogP contribution in [0, 0.1) is 0 Å². The summed E-state index contributed by atoms with van der Waals surface area (Å²) in [6, 6.07) is 6.87. The zero-order chi connectivity index (χ0) is 15.1. The molecule has 0 unspecified atom stereocenters. The third-order valence-electron chi connectivity index (χ3n) is 3.26. The number of imide groups is 1. The van der Waals surface area contributed by atoms with Crippen LogP contribution < -0.4 is 0 Å². The summed E-state index contributed by atoms with van der Waals surface area (Å²) in [6.45, 7) is 5.32. The lowest BCUT2D eigenvalue weighted by molar-refractivity contribution is 0.0556. The highest BCUT2D eigenvalue weighted by Crippen LogP contribution is 2.21. The molecule has 0 bridgehead atoms. The highest BCUT2D eigenvalue weighted by Gasteiger charge is 2.34. The summed E-state index contributed by atoms with van der Waals surface area (Å²) < 4.78 is 10.4. The summed E-state index contributed by atoms with van der Waals surface area (Å²) in [5.41, 5.74) is 0.952. The standard InChI is InChI=1S/C16H19NO4/c1-2-20-10-5-6-11-21-12-9-17-15(18)13-7-3-4-8-14(13)16(17)19/h2-4,7-8H,1,5-6,9-12H2. The molecule has 2 rings (SSSR count). The van der Waals surface area contributed by atoms with E-state index in [1.165, 1.54) is 11.2 Å². The van der Waals surface area contributed by atoms with Gasteiger partial charge in [-0.2, -0.15) is 0 Å². The minimum absolute atomic E-state index is 0.237. The number of unbranched alkanes of at least 4 members (excludes halogenated alkanes) is 1. The van der Waals surface area contributed by atoms with Crippen LogP contribution in [-0.2, 0) is 9.47 Å². The summed E-state index contributed by atoms with van der Waals surface area (Å²) in [6.07, 6.45) is 3.18. The van der Waals surface area contributed by atoms with E-state index in [9.17, 15) is 9.59 Å². The lowest BCUT2D eigenvalue weighted by Crippen LogP contribution is -2.33. The van der Waals surface area contributed by atoms with Gasteiger partial charge < -0.3 is 9.47 Å². The Morgan fingerprint density at radius 2 is 1.62 bits per heavy atom. The predicted molar refractivity (Wildman–Crippen MR) is 78.0 cm³/mol. The molecule has 0 saturated heterocycles. The van der Waals surface area contributed by atoms with Gasteiger partial charge in [-0.1, -0.05) is 18.7 Å². The minimum Gasteiger partial charge on any atom is -0.502 e. The Labute approximate surface area is 124 Å². The van der Waals surface area contributed by atoms with Crippen molar-refractivity contribution in [3.63, 3.8) is 0 Å². The molecule has 1 aromatic carbocycles. The molecule has 1 heterocycles. The minimum atomic E-state index is -0.237. The van der Waals surface area contributed by atoms with Crippen molar-refractivity contribution in [1.82, 2.24) is 4.90 Å². The first-order chi connectivity index (χ1) is 10.3. The second-order valence-electron chi connectivity index (χ2n) is 4.66. The zero-order valence-corrected chi connectivity index (χ0v) is 11.9. The van der Waals surface area contributed by atoms with Gasteiger partial charge in [-0.15, -0.1) is 0 Å². The van der Waals surface area contributed by atoms with Crippen molar-refractivity contribution in [2.45, 2.75) is 12.8 Å².